The van der Waals surface area contributed by atoms with Gasteiger partial charge in [-0.15, -0.1) is 0 Å². The fourth-order valence-electron chi connectivity index (χ4n) is 3.40. The summed E-state index contributed by atoms with van der Waals surface area (Å²) in [7, 11) is 1.74. The van der Waals surface area contributed by atoms with Gasteiger partial charge in [-0.1, -0.05) is 20.8 Å². The Morgan fingerprint density at radius 2 is 1.87 bits per heavy atom. The number of hydrogen-bond acceptors (Lipinski definition) is 1. The van der Waals surface area contributed by atoms with Gasteiger partial charge in [-0.25, -0.2) is 0 Å². The lowest BCUT2D eigenvalue weighted by molar-refractivity contribution is -0.124. The Morgan fingerprint density at radius 1 is 1.33 bits per heavy atom. The van der Waals surface area contributed by atoms with Gasteiger partial charge in [0.05, 0.1) is 0 Å². The molecule has 88 valence electrons. The second-order valence-corrected chi connectivity index (χ2v) is 5.56. The fourth-order valence-corrected chi connectivity index (χ4v) is 3.40. The van der Waals surface area contributed by atoms with E-state index in [2.05, 4.69) is 26.1 Å². The van der Waals surface area contributed by atoms with Crippen molar-refractivity contribution < 1.29 is 4.79 Å². The molecule has 0 aromatic rings. The Morgan fingerprint density at radius 3 is 2.27 bits per heavy atom. The molecule has 0 radical (unpaired) electrons. The van der Waals surface area contributed by atoms with Gasteiger partial charge in [-0.05, 0) is 42.9 Å². The topological polar surface area (TPSA) is 29.1 Å². The number of amides is 1. The quantitative estimate of drug-likeness (QED) is 0.764. The van der Waals surface area contributed by atoms with E-state index in [1.807, 2.05) is 0 Å². The van der Waals surface area contributed by atoms with Crippen molar-refractivity contribution in [1.29, 1.82) is 0 Å². The third-order valence-electron chi connectivity index (χ3n) is 3.93. The number of nitrogens with one attached hydrogen (secondary N) is 1. The van der Waals surface area contributed by atoms with Crippen LogP contribution < -0.4 is 5.32 Å². The largest absolute Gasteiger partial charge is 0.359 e. The Balaban J connectivity index is 2.69. The maximum absolute atomic E-state index is 11.5. The van der Waals surface area contributed by atoms with Crippen LogP contribution in [-0.2, 0) is 4.79 Å². The Bertz CT molecular complexity index is 215. The minimum Gasteiger partial charge on any atom is -0.359 e. The van der Waals surface area contributed by atoms with E-state index in [1.165, 1.54) is 19.3 Å². The monoisotopic (exact) mass is 211 g/mol. The maximum atomic E-state index is 11.5. The van der Waals surface area contributed by atoms with Crippen molar-refractivity contribution in [3.63, 3.8) is 0 Å². The minimum absolute atomic E-state index is 0.207. The Hall–Kier alpha value is -0.530. The van der Waals surface area contributed by atoms with E-state index in [1.54, 1.807) is 7.05 Å². The molecule has 1 rings (SSSR count). The number of carbonyl (C=O) groups excluding carboxylic acids is 1. The van der Waals surface area contributed by atoms with Gasteiger partial charge < -0.3 is 5.32 Å². The van der Waals surface area contributed by atoms with Gasteiger partial charge >= 0.3 is 0 Å². The van der Waals surface area contributed by atoms with E-state index in [4.69, 9.17) is 0 Å². The molecule has 2 unspecified atom stereocenters. The van der Waals surface area contributed by atoms with Crippen LogP contribution in [0.2, 0.25) is 0 Å². The van der Waals surface area contributed by atoms with Crippen LogP contribution in [0.1, 0.15) is 52.9 Å². The van der Waals surface area contributed by atoms with Crippen molar-refractivity contribution in [2.45, 2.75) is 52.9 Å². The predicted octanol–water partition coefficient (Wildman–Crippen LogP) is 2.98. The van der Waals surface area contributed by atoms with Gasteiger partial charge in [0.2, 0.25) is 5.91 Å². The molecule has 1 saturated carbocycles. The van der Waals surface area contributed by atoms with Crippen molar-refractivity contribution in [2.24, 2.45) is 17.3 Å². The molecular weight excluding hydrogens is 186 g/mol. The smallest absolute Gasteiger partial charge is 0.220 e. The second kappa shape index (κ2) is 5.00. The SMILES string of the molecule is CCC1(CC(=O)NC)CC(C)CC(C)C1. The highest BCUT2D eigenvalue weighted by Gasteiger charge is 2.37. The molecule has 2 nitrogen and oxygen atoms in total. The molecule has 2 atom stereocenters. The predicted molar refractivity (Wildman–Crippen MR) is 63.6 cm³/mol. The summed E-state index contributed by atoms with van der Waals surface area (Å²) in [4.78, 5) is 11.5. The van der Waals surface area contributed by atoms with E-state index >= 15 is 0 Å². The summed E-state index contributed by atoms with van der Waals surface area (Å²) in [6, 6.07) is 0. The first-order chi connectivity index (χ1) is 7.01. The maximum Gasteiger partial charge on any atom is 0.220 e. The third kappa shape index (κ3) is 3.22. The lowest BCUT2D eigenvalue weighted by Crippen LogP contribution is -2.36. The zero-order valence-electron chi connectivity index (χ0n) is 10.6. The first kappa shape index (κ1) is 12.5. The lowest BCUT2D eigenvalue weighted by atomic mass is 9.63. The van der Waals surface area contributed by atoms with Crippen molar-refractivity contribution in [1.82, 2.24) is 5.32 Å². The highest BCUT2D eigenvalue weighted by molar-refractivity contribution is 5.76. The highest BCUT2D eigenvalue weighted by Crippen LogP contribution is 2.46. The van der Waals surface area contributed by atoms with Crippen molar-refractivity contribution in [3.8, 4) is 0 Å². The average molecular weight is 211 g/mol. The average Bonchev–Trinajstić information content (AvgIpc) is 2.16. The van der Waals surface area contributed by atoms with Crippen LogP contribution in [0, 0.1) is 17.3 Å². The van der Waals surface area contributed by atoms with Gasteiger partial charge in [0.25, 0.3) is 0 Å². The molecule has 0 aliphatic heterocycles. The zero-order chi connectivity index (χ0) is 11.5. The van der Waals surface area contributed by atoms with Crippen LogP contribution in [0.15, 0.2) is 0 Å². The van der Waals surface area contributed by atoms with Gasteiger partial charge in [-0.2, -0.15) is 0 Å². The molecular formula is C13H25NO. The standard InChI is InChI=1S/C13H25NO/c1-5-13(9-12(15)14-4)7-10(2)6-11(3)8-13/h10-11H,5-9H2,1-4H3,(H,14,15). The molecule has 0 spiro atoms. The van der Waals surface area contributed by atoms with Crippen LogP contribution in [0.4, 0.5) is 0 Å². The van der Waals surface area contributed by atoms with E-state index < -0.39 is 0 Å². The van der Waals surface area contributed by atoms with E-state index in [-0.39, 0.29) is 11.3 Å². The summed E-state index contributed by atoms with van der Waals surface area (Å²) in [5.41, 5.74) is 0.275. The molecule has 0 heterocycles. The summed E-state index contributed by atoms with van der Waals surface area (Å²) in [6.45, 7) is 6.88. The number of carbonyl (C=O) groups is 1. The number of hydrogen-bond donors (Lipinski definition) is 1. The first-order valence-corrected chi connectivity index (χ1v) is 6.22. The molecule has 0 bridgehead atoms. The minimum atomic E-state index is 0.207. The van der Waals surface area contributed by atoms with Gasteiger partial charge in [0, 0.05) is 13.5 Å². The summed E-state index contributed by atoms with van der Waals surface area (Å²) in [5, 5.41) is 2.76. The molecule has 0 aromatic carbocycles. The van der Waals surface area contributed by atoms with Crippen LogP contribution in [0.5, 0.6) is 0 Å². The normalized spacial score (nSPS) is 36.3. The second-order valence-electron chi connectivity index (χ2n) is 5.56. The van der Waals surface area contributed by atoms with E-state index in [0.29, 0.717) is 6.42 Å². The summed E-state index contributed by atoms with van der Waals surface area (Å²) < 4.78 is 0. The van der Waals surface area contributed by atoms with Crippen molar-refractivity contribution >= 4 is 5.91 Å². The molecule has 0 saturated heterocycles. The molecule has 1 fully saturated rings. The molecule has 1 amide bonds. The molecule has 1 N–H and O–H groups in total. The summed E-state index contributed by atoms with van der Waals surface area (Å²) >= 11 is 0. The van der Waals surface area contributed by atoms with Crippen molar-refractivity contribution in [2.75, 3.05) is 7.05 Å². The third-order valence-corrected chi connectivity index (χ3v) is 3.93. The summed E-state index contributed by atoms with van der Waals surface area (Å²) in [6.07, 6.45) is 5.63. The van der Waals surface area contributed by atoms with E-state index in [9.17, 15) is 4.79 Å². The lowest BCUT2D eigenvalue weighted by Gasteiger charge is -2.42. The molecule has 1 aliphatic carbocycles. The van der Waals surface area contributed by atoms with Crippen LogP contribution in [-0.4, -0.2) is 13.0 Å². The van der Waals surface area contributed by atoms with Crippen molar-refractivity contribution in [3.05, 3.63) is 0 Å². The molecule has 2 heteroatoms. The first-order valence-electron chi connectivity index (χ1n) is 6.22. The van der Waals surface area contributed by atoms with E-state index in [0.717, 1.165) is 18.3 Å². The zero-order valence-corrected chi connectivity index (χ0v) is 10.6. The molecule has 1 aliphatic rings. The van der Waals surface area contributed by atoms with Crippen LogP contribution in [0.25, 0.3) is 0 Å². The van der Waals surface area contributed by atoms with Crippen LogP contribution in [0.3, 0.4) is 0 Å². The van der Waals surface area contributed by atoms with Crippen LogP contribution >= 0.6 is 0 Å². The Labute approximate surface area is 93.8 Å². The van der Waals surface area contributed by atoms with Gasteiger partial charge in [0.15, 0.2) is 0 Å². The fraction of sp³-hybridized carbons (Fsp3) is 0.923. The van der Waals surface area contributed by atoms with Gasteiger partial charge in [-0.3, -0.25) is 4.79 Å². The molecule has 15 heavy (non-hydrogen) atoms. The Kier molecular flexibility index (Phi) is 4.18. The molecule has 0 aromatic heterocycles. The highest BCUT2D eigenvalue weighted by atomic mass is 16.1. The van der Waals surface area contributed by atoms with Gasteiger partial charge in [0.1, 0.15) is 0 Å². The number of rotatable bonds is 3. The summed E-state index contributed by atoms with van der Waals surface area (Å²) in [5.74, 6) is 1.76.